The monoisotopic (exact) mass is 464 g/mol. The van der Waals surface area contributed by atoms with E-state index in [9.17, 15) is 9.18 Å². The van der Waals surface area contributed by atoms with Crippen LogP contribution in [0.15, 0.2) is 42.5 Å². The maximum absolute atomic E-state index is 13.9. The average molecular weight is 466 g/mol. The average Bonchev–Trinajstić information content (AvgIpc) is 2.62. The van der Waals surface area contributed by atoms with Crippen molar-refractivity contribution in [3.05, 3.63) is 59.4 Å². The number of piperazine rings is 1. The third-order valence-electron chi connectivity index (χ3n) is 4.85. The molecule has 1 saturated heterocycles. The number of hydrogen-bond acceptors (Lipinski definition) is 4. The Morgan fingerprint density at radius 2 is 1.69 bits per heavy atom. The van der Waals surface area contributed by atoms with E-state index < -0.39 is 0 Å². The molecule has 0 aliphatic carbocycles. The summed E-state index contributed by atoms with van der Waals surface area (Å²) >= 11 is 0. The van der Waals surface area contributed by atoms with Crippen molar-refractivity contribution in [1.82, 2.24) is 10.2 Å². The van der Waals surface area contributed by atoms with Crippen molar-refractivity contribution < 1.29 is 9.18 Å². The van der Waals surface area contributed by atoms with E-state index in [0.717, 1.165) is 37.4 Å². The fourth-order valence-electron chi connectivity index (χ4n) is 3.26. The van der Waals surface area contributed by atoms with Gasteiger partial charge >= 0.3 is 0 Å². The highest BCUT2D eigenvalue weighted by Crippen LogP contribution is 2.28. The van der Waals surface area contributed by atoms with E-state index >= 15 is 0 Å². The molecule has 2 aromatic rings. The Labute approximate surface area is 190 Å². The van der Waals surface area contributed by atoms with Gasteiger partial charge in [0.05, 0.1) is 11.6 Å². The summed E-state index contributed by atoms with van der Waals surface area (Å²) in [5.74, 6) is -0.567. The third-order valence-corrected chi connectivity index (χ3v) is 4.85. The highest BCUT2D eigenvalue weighted by Gasteiger charge is 2.22. The van der Waals surface area contributed by atoms with Crippen LogP contribution in [-0.4, -0.2) is 44.0 Å². The molecule has 5 nitrogen and oxygen atoms in total. The van der Waals surface area contributed by atoms with Crippen LogP contribution in [-0.2, 0) is 0 Å². The molecule has 3 N–H and O–H groups in total. The maximum atomic E-state index is 13.9. The minimum Gasteiger partial charge on any atom is -0.398 e. The molecule has 0 radical (unpaired) electrons. The lowest BCUT2D eigenvalue weighted by Gasteiger charge is -2.36. The van der Waals surface area contributed by atoms with Gasteiger partial charge in [0.15, 0.2) is 0 Å². The van der Waals surface area contributed by atoms with Crippen LogP contribution in [0.3, 0.4) is 0 Å². The lowest BCUT2D eigenvalue weighted by Crippen LogP contribution is -2.45. The normalized spacial score (nSPS) is 14.7. The molecular formula is C20H28Cl3FN4O. The van der Waals surface area contributed by atoms with E-state index in [0.29, 0.717) is 11.3 Å². The van der Waals surface area contributed by atoms with Crippen LogP contribution in [0.5, 0.6) is 0 Å². The molecule has 1 fully saturated rings. The standard InChI is InChI=1S/C20H25FN4O.3ClH/c1-14(23-20(26)16-5-3-4-6-18(16)22)17-13-15(21)7-8-19(17)25-11-9-24(2)10-12-25;;;/h3-8,13-14H,9-12,22H2,1-2H3,(H,23,26);3*1H. The minimum absolute atomic E-state index is 0. The summed E-state index contributed by atoms with van der Waals surface area (Å²) in [5.41, 5.74) is 8.48. The van der Waals surface area contributed by atoms with Crippen molar-refractivity contribution in [2.75, 3.05) is 43.9 Å². The Bertz CT molecular complexity index is 801. The van der Waals surface area contributed by atoms with Gasteiger partial charge in [-0.25, -0.2) is 4.39 Å². The highest BCUT2D eigenvalue weighted by molar-refractivity contribution is 5.99. The van der Waals surface area contributed by atoms with Crippen molar-refractivity contribution in [3.8, 4) is 0 Å². The quantitative estimate of drug-likeness (QED) is 0.672. The van der Waals surface area contributed by atoms with Gasteiger partial charge in [-0.1, -0.05) is 12.1 Å². The number of rotatable bonds is 4. The molecule has 0 saturated carbocycles. The Morgan fingerprint density at radius 3 is 2.31 bits per heavy atom. The van der Waals surface area contributed by atoms with E-state index in [-0.39, 0.29) is 55.0 Å². The molecule has 29 heavy (non-hydrogen) atoms. The molecule has 0 bridgehead atoms. The predicted octanol–water partition coefficient (Wildman–Crippen LogP) is 3.92. The Morgan fingerprint density at radius 1 is 1.07 bits per heavy atom. The van der Waals surface area contributed by atoms with Gasteiger partial charge in [-0.2, -0.15) is 0 Å². The summed E-state index contributed by atoms with van der Waals surface area (Å²) in [6.45, 7) is 5.53. The maximum Gasteiger partial charge on any atom is 0.253 e. The first-order chi connectivity index (χ1) is 12.5. The number of nitrogen functional groups attached to an aromatic ring is 1. The molecule has 1 heterocycles. The molecule has 1 atom stereocenters. The summed E-state index contributed by atoms with van der Waals surface area (Å²) in [6.07, 6.45) is 0. The molecule has 3 rings (SSSR count). The zero-order chi connectivity index (χ0) is 18.7. The molecule has 1 aliphatic heterocycles. The second-order valence-corrected chi connectivity index (χ2v) is 6.78. The fraction of sp³-hybridized carbons (Fsp3) is 0.350. The number of nitrogens with two attached hydrogens (primary N) is 1. The number of nitrogens with one attached hydrogen (secondary N) is 1. The molecule has 0 aromatic heterocycles. The van der Waals surface area contributed by atoms with Gasteiger partial charge in [-0.05, 0) is 44.3 Å². The zero-order valence-corrected chi connectivity index (χ0v) is 18.9. The van der Waals surface area contributed by atoms with Crippen LogP contribution in [0.4, 0.5) is 15.8 Å². The van der Waals surface area contributed by atoms with Crippen LogP contribution in [0, 0.1) is 5.82 Å². The number of hydrogen-bond donors (Lipinski definition) is 2. The summed E-state index contributed by atoms with van der Waals surface area (Å²) in [6, 6.07) is 11.4. The number of likely N-dealkylation sites (N-methyl/N-ethyl adjacent to an activating group) is 1. The SMILES string of the molecule is CC(NC(=O)c1ccccc1N)c1cc(F)ccc1N1CCN(C)CC1.Cl.Cl.Cl. The van der Waals surface area contributed by atoms with E-state index in [1.54, 1.807) is 30.3 Å². The number of halogens is 4. The third kappa shape index (κ3) is 6.64. The molecule has 1 aliphatic rings. The number of nitrogens with zero attached hydrogens (tertiary/aromatic N) is 2. The van der Waals surface area contributed by atoms with Crippen molar-refractivity contribution in [3.63, 3.8) is 0 Å². The van der Waals surface area contributed by atoms with Gasteiger partial charge in [0.2, 0.25) is 0 Å². The first-order valence-electron chi connectivity index (χ1n) is 8.84. The smallest absolute Gasteiger partial charge is 0.253 e. The van der Waals surface area contributed by atoms with Crippen LogP contribution < -0.4 is 16.0 Å². The van der Waals surface area contributed by atoms with Crippen LogP contribution >= 0.6 is 37.2 Å². The van der Waals surface area contributed by atoms with Gasteiger partial charge in [0.1, 0.15) is 5.82 Å². The first-order valence-corrected chi connectivity index (χ1v) is 8.84. The number of para-hydroxylation sites is 1. The molecule has 0 spiro atoms. The van der Waals surface area contributed by atoms with Crippen molar-refractivity contribution in [2.45, 2.75) is 13.0 Å². The van der Waals surface area contributed by atoms with Crippen molar-refractivity contribution in [2.24, 2.45) is 0 Å². The van der Waals surface area contributed by atoms with Gasteiger partial charge in [-0.15, -0.1) is 37.2 Å². The largest absolute Gasteiger partial charge is 0.398 e. The molecule has 2 aromatic carbocycles. The highest BCUT2D eigenvalue weighted by atomic mass is 35.5. The summed E-state index contributed by atoms with van der Waals surface area (Å²) in [5, 5.41) is 2.95. The molecule has 1 amide bonds. The summed E-state index contributed by atoms with van der Waals surface area (Å²) in [4.78, 5) is 17.1. The lowest BCUT2D eigenvalue weighted by molar-refractivity contribution is 0.0941. The Balaban J connectivity index is 0.00000261. The van der Waals surface area contributed by atoms with Crippen LogP contribution in [0.2, 0.25) is 0 Å². The Kier molecular flexibility index (Phi) is 11.4. The van der Waals surface area contributed by atoms with Gasteiger partial charge in [0, 0.05) is 43.1 Å². The minimum atomic E-state index is -0.340. The van der Waals surface area contributed by atoms with E-state index in [1.807, 2.05) is 6.92 Å². The first kappa shape index (κ1) is 27.3. The number of carbonyl (C=O) groups is 1. The number of anilines is 2. The van der Waals surface area contributed by atoms with E-state index in [1.165, 1.54) is 12.1 Å². The van der Waals surface area contributed by atoms with E-state index in [2.05, 4.69) is 22.2 Å². The second-order valence-electron chi connectivity index (χ2n) is 6.78. The fourth-order valence-corrected chi connectivity index (χ4v) is 3.26. The van der Waals surface area contributed by atoms with Gasteiger partial charge in [-0.3, -0.25) is 4.79 Å². The van der Waals surface area contributed by atoms with Gasteiger partial charge in [0.25, 0.3) is 5.91 Å². The van der Waals surface area contributed by atoms with Crippen LogP contribution in [0.1, 0.15) is 28.9 Å². The molecule has 162 valence electrons. The van der Waals surface area contributed by atoms with Gasteiger partial charge < -0.3 is 20.9 Å². The van der Waals surface area contributed by atoms with Crippen molar-refractivity contribution >= 4 is 54.5 Å². The van der Waals surface area contributed by atoms with Crippen molar-refractivity contribution in [1.29, 1.82) is 0 Å². The predicted molar refractivity (Wildman–Crippen MR) is 125 cm³/mol. The molecule has 1 unspecified atom stereocenters. The molecular weight excluding hydrogens is 438 g/mol. The molecule has 9 heteroatoms. The topological polar surface area (TPSA) is 61.6 Å². The van der Waals surface area contributed by atoms with E-state index in [4.69, 9.17) is 5.73 Å². The number of carbonyl (C=O) groups excluding carboxylic acids is 1. The second kappa shape index (κ2) is 12.1. The summed E-state index contributed by atoms with van der Waals surface area (Å²) in [7, 11) is 2.09. The zero-order valence-electron chi connectivity index (χ0n) is 16.4. The summed E-state index contributed by atoms with van der Waals surface area (Å²) < 4.78 is 13.9. The number of benzene rings is 2. The lowest BCUT2D eigenvalue weighted by atomic mass is 10.0. The Hall–Kier alpha value is -1.73. The van der Waals surface area contributed by atoms with Crippen LogP contribution in [0.25, 0.3) is 0 Å². The number of amides is 1.